The zero-order valence-electron chi connectivity index (χ0n) is 15.8. The molecule has 4 rings (SSSR count). The first-order valence-corrected chi connectivity index (χ1v) is 16.6. The molecule has 2 aliphatic rings. The van der Waals surface area contributed by atoms with Gasteiger partial charge in [0.2, 0.25) is 10.0 Å². The van der Waals surface area contributed by atoms with Crippen molar-refractivity contribution >= 4 is 37.6 Å². The lowest BCUT2D eigenvalue weighted by molar-refractivity contribution is 0.288. The van der Waals surface area contributed by atoms with Crippen molar-refractivity contribution < 1.29 is 12.5 Å². The van der Waals surface area contributed by atoms with E-state index >= 15 is 0 Å². The van der Waals surface area contributed by atoms with Crippen LogP contribution in [0.3, 0.4) is 0 Å². The van der Waals surface area contributed by atoms with Crippen LogP contribution in [0.25, 0.3) is 10.9 Å². The summed E-state index contributed by atoms with van der Waals surface area (Å²) in [5.74, 6) is 0. The Kier molecular flexibility index (Phi) is 4.20. The predicted molar refractivity (Wildman–Crippen MR) is 109 cm³/mol. The molecule has 0 N–H and O–H groups in total. The number of para-hydroxylation sites is 1. The predicted octanol–water partition coefficient (Wildman–Crippen LogP) is 3.81. The summed E-state index contributed by atoms with van der Waals surface area (Å²) in [7, 11) is -7.33. The first-order valence-electron chi connectivity index (χ1n) is 9.15. The molecule has 140 valence electrons. The van der Waals surface area contributed by atoms with Crippen molar-refractivity contribution in [3.63, 3.8) is 0 Å². The second-order valence-corrected chi connectivity index (χ2v) is 19.4. The zero-order chi connectivity index (χ0) is 18.7. The van der Waals surface area contributed by atoms with Gasteiger partial charge in [0, 0.05) is 24.7 Å². The van der Waals surface area contributed by atoms with Gasteiger partial charge in [-0.1, -0.05) is 18.2 Å². The summed E-state index contributed by atoms with van der Waals surface area (Å²) in [6, 6.07) is 9.15. The van der Waals surface area contributed by atoms with Crippen LogP contribution in [0.15, 0.2) is 41.4 Å². The van der Waals surface area contributed by atoms with Crippen LogP contribution >= 0.6 is 0 Å². The lowest BCUT2D eigenvalue weighted by Crippen LogP contribution is -2.62. The van der Waals surface area contributed by atoms with Crippen molar-refractivity contribution in [2.45, 2.75) is 48.6 Å². The van der Waals surface area contributed by atoms with Crippen molar-refractivity contribution in [3.05, 3.63) is 36.5 Å². The molecule has 0 radical (unpaired) electrons. The highest BCUT2D eigenvalue weighted by atomic mass is 32.2. The molecule has 2 atom stereocenters. The quantitative estimate of drug-likeness (QED) is 0.712. The van der Waals surface area contributed by atoms with Crippen LogP contribution in [-0.2, 0) is 14.1 Å². The lowest BCUT2D eigenvalue weighted by Gasteiger charge is -2.54. The number of sulfonamides is 1. The highest BCUT2D eigenvalue weighted by Crippen LogP contribution is 2.49. The van der Waals surface area contributed by atoms with E-state index in [4.69, 9.17) is 4.12 Å². The fraction of sp³-hybridized carbons (Fsp3) is 0.500. The van der Waals surface area contributed by atoms with E-state index < -0.39 is 26.7 Å². The van der Waals surface area contributed by atoms with Gasteiger partial charge in [-0.2, -0.15) is 4.31 Å². The average Bonchev–Trinajstić information content (AvgIpc) is 2.59. The van der Waals surface area contributed by atoms with Gasteiger partial charge in [-0.3, -0.25) is 4.98 Å². The van der Waals surface area contributed by atoms with Gasteiger partial charge in [-0.15, -0.1) is 0 Å². The molecule has 0 saturated carbocycles. The maximum Gasteiger partial charge on any atom is 0.245 e. The fourth-order valence-corrected chi connectivity index (χ4v) is 16.5. The highest BCUT2D eigenvalue weighted by molar-refractivity contribution is 7.89. The fourth-order valence-electron chi connectivity index (χ4n) is 4.53. The number of piperidine rings is 1. The SMILES string of the molecule is C[Si]1(C)O[Si](C)(C)[C@H]2CC1CN(S(=O)(=O)c1cccc3cccnc13)C2. The van der Waals surface area contributed by atoms with Gasteiger partial charge < -0.3 is 4.12 Å². The molecule has 5 nitrogen and oxygen atoms in total. The van der Waals surface area contributed by atoms with E-state index in [2.05, 4.69) is 31.2 Å². The molecule has 1 aromatic heterocycles. The summed E-state index contributed by atoms with van der Waals surface area (Å²) in [4.78, 5) is 4.69. The average molecular weight is 407 g/mol. The van der Waals surface area contributed by atoms with Crippen molar-refractivity contribution in [3.8, 4) is 0 Å². The summed E-state index contributed by atoms with van der Waals surface area (Å²) in [5.41, 5.74) is 1.29. The van der Waals surface area contributed by atoms with E-state index in [0.717, 1.165) is 11.8 Å². The maximum absolute atomic E-state index is 13.5. The molecule has 0 aliphatic carbocycles. The summed E-state index contributed by atoms with van der Waals surface area (Å²) in [6.45, 7) is 10.1. The van der Waals surface area contributed by atoms with Crippen molar-refractivity contribution in [1.29, 1.82) is 0 Å². The third-order valence-corrected chi connectivity index (χ3v) is 17.0. The number of pyridine rings is 1. The highest BCUT2D eigenvalue weighted by Gasteiger charge is 2.54. The molecular formula is C18H26N2O3SSi2. The van der Waals surface area contributed by atoms with Crippen LogP contribution in [0.1, 0.15) is 6.42 Å². The third-order valence-electron chi connectivity index (χ3n) is 6.12. The van der Waals surface area contributed by atoms with Gasteiger partial charge in [-0.25, -0.2) is 8.42 Å². The Morgan fingerprint density at radius 3 is 2.31 bits per heavy atom. The third kappa shape index (κ3) is 2.88. The van der Waals surface area contributed by atoms with Gasteiger partial charge in [0.15, 0.2) is 16.6 Å². The second-order valence-electron chi connectivity index (χ2n) is 8.59. The first-order chi connectivity index (χ1) is 12.1. The minimum atomic E-state index is -3.57. The van der Waals surface area contributed by atoms with Crippen LogP contribution in [0.4, 0.5) is 0 Å². The van der Waals surface area contributed by atoms with E-state index in [-0.39, 0.29) is 0 Å². The summed E-state index contributed by atoms with van der Waals surface area (Å²) < 4.78 is 35.4. The number of hydrogen-bond donors (Lipinski definition) is 0. The zero-order valence-corrected chi connectivity index (χ0v) is 18.6. The van der Waals surface area contributed by atoms with Gasteiger partial charge >= 0.3 is 0 Å². The van der Waals surface area contributed by atoms with Gasteiger partial charge in [-0.05, 0) is 55.8 Å². The molecule has 8 heteroatoms. The molecule has 0 spiro atoms. The van der Waals surface area contributed by atoms with E-state index in [1.54, 1.807) is 16.6 Å². The number of aromatic nitrogens is 1. The van der Waals surface area contributed by atoms with Crippen LogP contribution in [0, 0.1) is 0 Å². The van der Waals surface area contributed by atoms with E-state index in [9.17, 15) is 8.42 Å². The summed E-state index contributed by atoms with van der Waals surface area (Å²) >= 11 is 0. The van der Waals surface area contributed by atoms with Gasteiger partial charge in [0.1, 0.15) is 4.90 Å². The van der Waals surface area contributed by atoms with Crippen molar-refractivity contribution in [1.82, 2.24) is 9.29 Å². The standard InChI is InChI=1S/C18H26N2O3SSi2/c1-25(2)15-11-16(26(3,4)23-25)13-20(12-15)24(21,22)17-9-5-7-14-8-6-10-19-18(14)17/h5-10,15-16H,11-13H2,1-4H3/t15-,16?/m0/s1. The van der Waals surface area contributed by atoms with Gasteiger partial charge in [0.05, 0.1) is 5.52 Å². The molecule has 2 aromatic rings. The molecule has 2 bridgehead atoms. The summed E-state index contributed by atoms with van der Waals surface area (Å²) in [6.07, 6.45) is 2.78. The largest absolute Gasteiger partial charge is 0.455 e. The van der Waals surface area contributed by atoms with E-state index in [1.807, 2.05) is 24.3 Å². The number of hydrogen-bond acceptors (Lipinski definition) is 4. The van der Waals surface area contributed by atoms with E-state index in [1.165, 1.54) is 0 Å². The molecule has 2 saturated heterocycles. The minimum absolute atomic E-state index is 0.329. The number of nitrogens with zero attached hydrogens (tertiary/aromatic N) is 2. The monoisotopic (exact) mass is 406 g/mol. The van der Waals surface area contributed by atoms with Crippen LogP contribution < -0.4 is 0 Å². The number of fused-ring (bicyclic) bond motifs is 3. The van der Waals surface area contributed by atoms with E-state index in [0.29, 0.717) is 34.6 Å². The Labute approximate surface area is 157 Å². The molecule has 1 unspecified atom stereocenters. The Balaban J connectivity index is 1.77. The van der Waals surface area contributed by atoms with Gasteiger partial charge in [0.25, 0.3) is 0 Å². The summed E-state index contributed by atoms with van der Waals surface area (Å²) in [5, 5.41) is 0.860. The van der Waals surface area contributed by atoms with Crippen molar-refractivity contribution in [2.24, 2.45) is 0 Å². The molecule has 1 aromatic carbocycles. The lowest BCUT2D eigenvalue weighted by atomic mass is 10.1. The van der Waals surface area contributed by atoms with Crippen LogP contribution in [-0.4, -0.2) is 47.4 Å². The normalized spacial score (nSPS) is 28.2. The Morgan fingerprint density at radius 1 is 1.04 bits per heavy atom. The Morgan fingerprint density at radius 2 is 1.65 bits per heavy atom. The molecule has 2 fully saturated rings. The van der Waals surface area contributed by atoms with Crippen molar-refractivity contribution in [2.75, 3.05) is 13.1 Å². The Hall–Kier alpha value is -1.07. The molecule has 3 heterocycles. The maximum atomic E-state index is 13.5. The smallest absolute Gasteiger partial charge is 0.245 e. The molecular weight excluding hydrogens is 380 g/mol. The Bertz CT molecular complexity index is 935. The van der Waals surface area contributed by atoms with Crippen LogP contribution in [0.5, 0.6) is 0 Å². The number of rotatable bonds is 2. The molecule has 26 heavy (non-hydrogen) atoms. The topological polar surface area (TPSA) is 59.5 Å². The van der Waals surface area contributed by atoms with Crippen LogP contribution in [0.2, 0.25) is 37.3 Å². The molecule has 2 aliphatic heterocycles. The molecule has 0 amide bonds. The number of benzene rings is 1. The first kappa shape index (κ1) is 18.3. The second kappa shape index (κ2) is 5.97. The minimum Gasteiger partial charge on any atom is -0.455 e.